The molecule has 3 rings (SSSR count). The third-order valence-corrected chi connectivity index (χ3v) is 5.94. The number of halogens is 2. The van der Waals surface area contributed by atoms with E-state index in [2.05, 4.69) is 0 Å². The average Bonchev–Trinajstić information content (AvgIpc) is 2.63. The number of phenolic OH excluding ortho intramolecular Hbond substituents is 1. The van der Waals surface area contributed by atoms with Gasteiger partial charge >= 0.3 is 0 Å². The topological polar surface area (TPSA) is 80.4 Å². The summed E-state index contributed by atoms with van der Waals surface area (Å²) in [5.74, 6) is -0.360. The normalized spacial score (nSPS) is 11.7. The number of phenols is 1. The number of aromatic hydroxyl groups is 1. The molecule has 0 radical (unpaired) electrons. The quantitative estimate of drug-likeness (QED) is 0.638. The van der Waals surface area contributed by atoms with Gasteiger partial charge in [-0.2, -0.15) is 0 Å². The molecule has 3 aromatic carbocycles. The van der Waals surface area contributed by atoms with Crippen LogP contribution in [0.15, 0.2) is 76.5 Å². The molecule has 0 saturated heterocycles. The molecule has 0 aliphatic carbocycles. The Balaban J connectivity index is 2.13. The maximum Gasteiger partial charge on any atom is 0.242 e. The molecule has 0 bridgehead atoms. The molecule has 0 amide bonds. The van der Waals surface area contributed by atoms with Crippen LogP contribution in [0.25, 0.3) is 11.1 Å². The molecule has 0 unspecified atom stereocenters. The van der Waals surface area contributed by atoms with Crippen molar-refractivity contribution in [3.05, 3.63) is 72.3 Å². The third-order valence-electron chi connectivity index (χ3n) is 4.13. The van der Waals surface area contributed by atoms with Crippen molar-refractivity contribution >= 4 is 15.5 Å². The van der Waals surface area contributed by atoms with Crippen LogP contribution in [0.5, 0.6) is 5.75 Å². The fourth-order valence-electron chi connectivity index (χ4n) is 2.79. The van der Waals surface area contributed by atoms with E-state index in [1.165, 1.54) is 12.1 Å². The minimum absolute atomic E-state index is 0.0449. The fraction of sp³-hybridized carbons (Fsp3) is 0.100. The molecular weight excluding hydrogens is 372 g/mol. The molecule has 3 N–H and O–H groups in total. The van der Waals surface area contributed by atoms with Crippen LogP contribution < -0.4 is 5.73 Å². The highest BCUT2D eigenvalue weighted by atomic mass is 32.2. The standard InChI is InChI=1S/C20H17F2NO3S/c21-20(22)12-14-11-16(9-10-18(14)24)27(25,26)19-4-2-1-3-17(19)13-5-7-15(23)8-6-13/h1-11,20,24H,12,23H2. The summed E-state index contributed by atoms with van der Waals surface area (Å²) in [5.41, 5.74) is 7.26. The van der Waals surface area contributed by atoms with Crippen molar-refractivity contribution in [2.24, 2.45) is 0 Å². The van der Waals surface area contributed by atoms with Crippen LogP contribution in [0.1, 0.15) is 5.56 Å². The molecule has 4 nitrogen and oxygen atoms in total. The van der Waals surface area contributed by atoms with Gasteiger partial charge in [-0.25, -0.2) is 17.2 Å². The number of hydrogen-bond donors (Lipinski definition) is 2. The fourth-order valence-corrected chi connectivity index (χ4v) is 4.32. The summed E-state index contributed by atoms with van der Waals surface area (Å²) >= 11 is 0. The molecule has 0 saturated carbocycles. The van der Waals surface area contributed by atoms with Crippen LogP contribution in [0.3, 0.4) is 0 Å². The number of sulfone groups is 1. The van der Waals surface area contributed by atoms with Gasteiger partial charge in [-0.3, -0.25) is 0 Å². The zero-order chi connectivity index (χ0) is 19.6. The van der Waals surface area contributed by atoms with Gasteiger partial charge in [0.2, 0.25) is 16.3 Å². The first kappa shape index (κ1) is 18.8. The molecule has 3 aromatic rings. The van der Waals surface area contributed by atoms with Gasteiger partial charge in [0.15, 0.2) is 0 Å². The molecule has 0 atom stereocenters. The van der Waals surface area contributed by atoms with Gasteiger partial charge in [0.05, 0.1) is 9.79 Å². The van der Waals surface area contributed by atoms with Crippen LogP contribution in [-0.4, -0.2) is 19.9 Å². The van der Waals surface area contributed by atoms with Crippen LogP contribution in [0.4, 0.5) is 14.5 Å². The minimum Gasteiger partial charge on any atom is -0.508 e. The Hall–Kier alpha value is -2.93. The monoisotopic (exact) mass is 389 g/mol. The van der Waals surface area contributed by atoms with Crippen molar-refractivity contribution in [1.82, 2.24) is 0 Å². The lowest BCUT2D eigenvalue weighted by Gasteiger charge is -2.13. The lowest BCUT2D eigenvalue weighted by atomic mass is 10.1. The van der Waals surface area contributed by atoms with Gasteiger partial charge in [-0.1, -0.05) is 30.3 Å². The second-order valence-electron chi connectivity index (χ2n) is 6.01. The maximum absolute atomic E-state index is 13.2. The highest BCUT2D eigenvalue weighted by Crippen LogP contribution is 2.33. The van der Waals surface area contributed by atoms with Crippen molar-refractivity contribution < 1.29 is 22.3 Å². The van der Waals surface area contributed by atoms with Crippen LogP contribution in [0.2, 0.25) is 0 Å². The first-order valence-electron chi connectivity index (χ1n) is 8.09. The Labute approximate surface area is 155 Å². The lowest BCUT2D eigenvalue weighted by Crippen LogP contribution is -2.06. The molecule has 0 heterocycles. The predicted octanol–water partition coefficient (Wildman–Crippen LogP) is 4.28. The summed E-state index contributed by atoms with van der Waals surface area (Å²) in [4.78, 5) is -0.109. The number of hydrogen-bond acceptors (Lipinski definition) is 4. The van der Waals surface area contributed by atoms with E-state index in [0.29, 0.717) is 16.8 Å². The van der Waals surface area contributed by atoms with E-state index in [0.717, 1.165) is 12.1 Å². The van der Waals surface area contributed by atoms with E-state index in [1.807, 2.05) is 0 Å². The molecule has 0 aromatic heterocycles. The zero-order valence-corrected chi connectivity index (χ0v) is 15.0. The van der Waals surface area contributed by atoms with E-state index in [9.17, 15) is 22.3 Å². The first-order chi connectivity index (χ1) is 12.8. The van der Waals surface area contributed by atoms with Crippen molar-refractivity contribution in [2.45, 2.75) is 22.6 Å². The summed E-state index contributed by atoms with van der Waals surface area (Å²) < 4.78 is 51.7. The molecular formula is C20H17F2NO3S. The van der Waals surface area contributed by atoms with Gasteiger partial charge < -0.3 is 10.8 Å². The lowest BCUT2D eigenvalue weighted by molar-refractivity contribution is 0.148. The number of nitrogen functional groups attached to an aromatic ring is 1. The van der Waals surface area contributed by atoms with Crippen molar-refractivity contribution in [2.75, 3.05) is 5.73 Å². The summed E-state index contributed by atoms with van der Waals surface area (Å²) in [5, 5.41) is 9.74. The van der Waals surface area contributed by atoms with Crippen molar-refractivity contribution in [1.29, 1.82) is 0 Å². The Morgan fingerprint density at radius 3 is 2.30 bits per heavy atom. The smallest absolute Gasteiger partial charge is 0.242 e. The van der Waals surface area contributed by atoms with E-state index >= 15 is 0 Å². The highest BCUT2D eigenvalue weighted by molar-refractivity contribution is 7.91. The number of benzene rings is 3. The molecule has 7 heteroatoms. The molecule has 0 aliphatic rings. The van der Waals surface area contributed by atoms with Crippen LogP contribution >= 0.6 is 0 Å². The molecule has 27 heavy (non-hydrogen) atoms. The summed E-state index contributed by atoms with van der Waals surface area (Å²) in [6.45, 7) is 0. The van der Waals surface area contributed by atoms with Crippen molar-refractivity contribution in [3.63, 3.8) is 0 Å². The van der Waals surface area contributed by atoms with E-state index in [1.54, 1.807) is 42.5 Å². The Morgan fingerprint density at radius 2 is 1.63 bits per heavy atom. The SMILES string of the molecule is Nc1ccc(-c2ccccc2S(=O)(=O)c2ccc(O)c(CC(F)F)c2)cc1. The van der Waals surface area contributed by atoms with Crippen LogP contribution in [-0.2, 0) is 16.3 Å². The highest BCUT2D eigenvalue weighted by Gasteiger charge is 2.23. The number of rotatable bonds is 5. The van der Waals surface area contributed by atoms with Gasteiger partial charge in [0, 0.05) is 23.2 Å². The Bertz CT molecular complexity index is 1060. The minimum atomic E-state index is -3.99. The van der Waals surface area contributed by atoms with E-state index in [-0.39, 0.29) is 21.1 Å². The molecule has 0 spiro atoms. The van der Waals surface area contributed by atoms with Gasteiger partial charge in [-0.05, 0) is 42.0 Å². The van der Waals surface area contributed by atoms with Crippen LogP contribution in [0, 0.1) is 0 Å². The summed E-state index contributed by atoms with van der Waals surface area (Å²) in [6, 6.07) is 16.6. The number of alkyl halides is 2. The van der Waals surface area contributed by atoms with Crippen molar-refractivity contribution in [3.8, 4) is 16.9 Å². The molecule has 0 fully saturated rings. The zero-order valence-electron chi connectivity index (χ0n) is 14.1. The first-order valence-corrected chi connectivity index (χ1v) is 9.57. The second kappa shape index (κ2) is 7.36. The van der Waals surface area contributed by atoms with Gasteiger partial charge in [0.25, 0.3) is 0 Å². The third kappa shape index (κ3) is 3.93. The van der Waals surface area contributed by atoms with E-state index < -0.39 is 22.7 Å². The largest absolute Gasteiger partial charge is 0.508 e. The van der Waals surface area contributed by atoms with Gasteiger partial charge in [0.1, 0.15) is 5.75 Å². The Morgan fingerprint density at radius 1 is 0.963 bits per heavy atom. The summed E-state index contributed by atoms with van der Waals surface area (Å²) in [7, 11) is -3.99. The second-order valence-corrected chi connectivity index (χ2v) is 7.93. The Kier molecular flexibility index (Phi) is 5.14. The number of nitrogens with two attached hydrogens (primary N) is 1. The van der Waals surface area contributed by atoms with E-state index in [4.69, 9.17) is 5.73 Å². The maximum atomic E-state index is 13.2. The molecule has 140 valence electrons. The van der Waals surface area contributed by atoms with Gasteiger partial charge in [-0.15, -0.1) is 0 Å². The summed E-state index contributed by atoms with van der Waals surface area (Å²) in [6.07, 6.45) is -3.43. The number of anilines is 1. The average molecular weight is 389 g/mol. The predicted molar refractivity (Wildman–Crippen MR) is 99.6 cm³/mol. The molecule has 0 aliphatic heterocycles.